The average molecular weight is 766 g/mol. The second-order valence-electron chi connectivity index (χ2n) is 17.0. The number of benzene rings is 8. The largest absolute Gasteiger partial charge is 0.115 e. The maximum atomic E-state index is 7.50. The Hall–Kier alpha value is -3.64. The molecule has 0 amide bonds. The van der Waals surface area contributed by atoms with Gasteiger partial charge in [-0.25, -0.2) is 0 Å². The van der Waals surface area contributed by atoms with Gasteiger partial charge in [0.1, 0.15) is 173 Å². The third kappa shape index (κ3) is 5.30. The van der Waals surface area contributed by atoms with E-state index < -0.39 is 11.6 Å². The van der Waals surface area contributed by atoms with E-state index in [2.05, 4.69) is 0 Å². The zero-order chi connectivity index (χ0) is 48.2. The summed E-state index contributed by atoms with van der Waals surface area (Å²) in [6, 6.07) is 0. The van der Waals surface area contributed by atoms with Crippen LogP contribution in [0.3, 0.4) is 0 Å². The van der Waals surface area contributed by atoms with Gasteiger partial charge in [0.05, 0.1) is 15.7 Å². The standard InChI is InChI=1S/C42H2B24/c43-19-5-1-3-9(19)32(56)38(62)34(58)13(3)30(54)28(52)11(1)26(50)24(48)7(5)15-21(45)16(23(47)17(22(15)46)18-36(60)40(64)42(66)41(65)37(18)61)8-6-2-4-10(20(6)44)33(57)39(63)35(59)14(4)31(55)29(53)12(2)27(51)25(8)49/h19-20H. The van der Waals surface area contributed by atoms with Crippen LogP contribution in [-0.2, 0) is 0 Å². The summed E-state index contributed by atoms with van der Waals surface area (Å²) in [5.74, 6) is -2.23. The fourth-order valence-electron chi connectivity index (χ4n) is 10.8. The molecule has 0 aromatic heterocycles. The fraction of sp³-hybridized carbons (Fsp3) is 0.0476. The Morgan fingerprint density at radius 3 is 0.636 bits per heavy atom. The van der Waals surface area contributed by atoms with Gasteiger partial charge in [-0.1, -0.05) is 81.9 Å². The molecule has 0 fully saturated rings. The highest BCUT2D eigenvalue weighted by molar-refractivity contribution is 6.74. The Kier molecular flexibility index (Phi) is 10.4. The molecule has 48 radical (unpaired) electrons. The molecule has 242 valence electrons. The molecule has 0 N–H and O–H groups in total. The summed E-state index contributed by atoms with van der Waals surface area (Å²) in [5.41, 5.74) is 0.664. The lowest BCUT2D eigenvalue weighted by atomic mass is 9.55. The van der Waals surface area contributed by atoms with E-state index in [-0.39, 0.29) is 164 Å². The van der Waals surface area contributed by atoms with Crippen molar-refractivity contribution >= 4 is 352 Å². The molecule has 66 heavy (non-hydrogen) atoms. The monoisotopic (exact) mass is 770 g/mol. The van der Waals surface area contributed by atoms with Gasteiger partial charge >= 0.3 is 0 Å². The lowest BCUT2D eigenvalue weighted by Gasteiger charge is -2.33. The average Bonchev–Trinajstić information content (AvgIpc) is 3.73. The second kappa shape index (κ2) is 14.9. The van der Waals surface area contributed by atoms with E-state index in [4.69, 9.17) is 188 Å². The molecule has 2 aliphatic rings. The normalized spacial score (nSPS) is 14.9. The summed E-state index contributed by atoms with van der Waals surface area (Å²) in [5, 5.41) is 2.75. The molecule has 10 rings (SSSR count). The van der Waals surface area contributed by atoms with Crippen LogP contribution in [0.15, 0.2) is 0 Å². The molecule has 8 aromatic carbocycles. The molecule has 8 aromatic rings. The lowest BCUT2D eigenvalue weighted by Crippen LogP contribution is -2.56. The molecule has 24 heteroatoms. The first-order valence-corrected chi connectivity index (χ1v) is 19.9. The third-order valence-electron chi connectivity index (χ3n) is 14.0. The van der Waals surface area contributed by atoms with Crippen LogP contribution < -0.4 is 120 Å². The van der Waals surface area contributed by atoms with Crippen molar-refractivity contribution in [2.75, 3.05) is 0 Å². The van der Waals surface area contributed by atoms with E-state index in [9.17, 15) is 0 Å². The molecular formula is C42H2B24. The topological polar surface area (TPSA) is 0 Å². The molecule has 2 atom stereocenters. The van der Waals surface area contributed by atoms with Crippen molar-refractivity contribution in [3.8, 4) is 33.4 Å². The van der Waals surface area contributed by atoms with E-state index in [1.54, 1.807) is 0 Å². The van der Waals surface area contributed by atoms with Gasteiger partial charge in [-0.15, -0.1) is 38.2 Å². The maximum absolute atomic E-state index is 7.50. The molecule has 0 heterocycles. The molecule has 0 nitrogen and oxygen atoms in total. The van der Waals surface area contributed by atoms with Gasteiger partial charge in [0.2, 0.25) is 0 Å². The zero-order valence-electron chi connectivity index (χ0n) is 35.0. The van der Waals surface area contributed by atoms with Gasteiger partial charge in [0.25, 0.3) is 0 Å². The Morgan fingerprint density at radius 2 is 0.333 bits per heavy atom. The van der Waals surface area contributed by atoms with Crippen molar-refractivity contribution in [3.63, 3.8) is 0 Å². The van der Waals surface area contributed by atoms with Crippen molar-refractivity contribution < 1.29 is 0 Å². The highest BCUT2D eigenvalue weighted by Gasteiger charge is 2.37. The van der Waals surface area contributed by atoms with Gasteiger partial charge in [-0.3, -0.25) is 0 Å². The SMILES string of the molecule is [B]c1c([B])c([B])c(-c2c([B])c(-c3c([B])c([B])c4c([B])c([B])c5c([B])c([B])c([B])c6c5c4c3C6[B])c([B])c(-c3c([B])c([B])c4c([B])c([B])c5c([B])c([B])c([B])c6c5c4c3C6[B])c2[B])c([B])c1[B]. The van der Waals surface area contributed by atoms with Crippen LogP contribution in [-0.4, -0.2) is 188 Å². The van der Waals surface area contributed by atoms with Gasteiger partial charge in [-0.2, -0.15) is 0 Å². The molecule has 0 saturated carbocycles. The Balaban J connectivity index is 1.48. The van der Waals surface area contributed by atoms with Crippen molar-refractivity contribution in [1.29, 1.82) is 0 Å². The molecule has 0 bridgehead atoms. The van der Waals surface area contributed by atoms with Gasteiger partial charge in [0, 0.05) is 0 Å². The number of hydrogen-bond acceptors (Lipinski definition) is 0. The van der Waals surface area contributed by atoms with E-state index in [1.165, 1.54) is 0 Å². The van der Waals surface area contributed by atoms with Crippen LogP contribution in [0.1, 0.15) is 33.9 Å². The molecule has 2 unspecified atom stereocenters. The Morgan fingerprint density at radius 1 is 0.152 bits per heavy atom. The van der Waals surface area contributed by atoms with E-state index in [0.717, 1.165) is 0 Å². The van der Waals surface area contributed by atoms with E-state index in [0.29, 0.717) is 54.6 Å². The highest BCUT2D eigenvalue weighted by atomic mass is 14.4. The van der Waals surface area contributed by atoms with Crippen LogP contribution in [0, 0.1) is 0 Å². The van der Waals surface area contributed by atoms with Crippen molar-refractivity contribution in [2.24, 2.45) is 0 Å². The molecule has 2 aliphatic carbocycles. The Bertz CT molecular complexity index is 3530. The van der Waals surface area contributed by atoms with Crippen molar-refractivity contribution in [1.82, 2.24) is 0 Å². The minimum Gasteiger partial charge on any atom is -0.112 e. The summed E-state index contributed by atoms with van der Waals surface area (Å²) in [6.07, 6.45) is 0. The molecular weight excluding hydrogens is 764 g/mol. The van der Waals surface area contributed by atoms with Gasteiger partial charge < -0.3 is 0 Å². The van der Waals surface area contributed by atoms with Gasteiger partial charge in [0.15, 0.2) is 0 Å². The third-order valence-corrected chi connectivity index (χ3v) is 14.0. The summed E-state index contributed by atoms with van der Waals surface area (Å²) in [4.78, 5) is 0. The quantitative estimate of drug-likeness (QED) is 0.124. The number of rotatable bonds is 3. The number of hydrogen-bond donors (Lipinski definition) is 0. The van der Waals surface area contributed by atoms with Crippen molar-refractivity contribution in [3.05, 3.63) is 22.3 Å². The van der Waals surface area contributed by atoms with Crippen LogP contribution >= 0.6 is 0 Å². The first kappa shape index (κ1) is 46.1. The van der Waals surface area contributed by atoms with Crippen molar-refractivity contribution in [2.45, 2.75) is 11.6 Å². The molecule has 0 aliphatic heterocycles. The van der Waals surface area contributed by atoms with Crippen LogP contribution in [0.4, 0.5) is 0 Å². The van der Waals surface area contributed by atoms with Crippen LogP contribution in [0.25, 0.3) is 76.5 Å². The van der Waals surface area contributed by atoms with E-state index in [1.807, 2.05) is 0 Å². The Labute approximate surface area is 416 Å². The smallest absolute Gasteiger partial charge is 0.112 e. The lowest BCUT2D eigenvalue weighted by molar-refractivity contribution is 1.23. The fourth-order valence-corrected chi connectivity index (χ4v) is 10.8. The van der Waals surface area contributed by atoms with Crippen LogP contribution in [0.5, 0.6) is 0 Å². The first-order valence-electron chi connectivity index (χ1n) is 19.9. The minimum atomic E-state index is -1.12. The van der Waals surface area contributed by atoms with Crippen LogP contribution in [0.2, 0.25) is 0 Å². The predicted molar refractivity (Wildman–Crippen MR) is 307 cm³/mol. The zero-order valence-corrected chi connectivity index (χ0v) is 35.0. The predicted octanol–water partition coefficient (Wildman–Crippen LogP) is -16.1. The summed E-state index contributed by atoms with van der Waals surface area (Å²) >= 11 is 0. The van der Waals surface area contributed by atoms with Gasteiger partial charge in [-0.05, 0) is 110 Å². The summed E-state index contributed by atoms with van der Waals surface area (Å²) in [6.45, 7) is 0. The molecule has 0 spiro atoms. The highest BCUT2D eigenvalue weighted by Crippen LogP contribution is 2.47. The minimum absolute atomic E-state index is 0.00120. The first-order chi connectivity index (χ1) is 30.9. The van der Waals surface area contributed by atoms with E-state index >= 15 is 0 Å². The summed E-state index contributed by atoms with van der Waals surface area (Å²) in [7, 11) is 164. The second-order valence-corrected chi connectivity index (χ2v) is 17.0. The maximum Gasteiger partial charge on any atom is 0.115 e. The summed E-state index contributed by atoms with van der Waals surface area (Å²) < 4.78 is 0. The molecule has 0 saturated heterocycles.